The summed E-state index contributed by atoms with van der Waals surface area (Å²) < 4.78 is 1.91. The van der Waals surface area contributed by atoms with Crippen LogP contribution in [-0.4, -0.2) is 28.3 Å². The number of hydrogen-bond donors (Lipinski definition) is 2. The van der Waals surface area contributed by atoms with Gasteiger partial charge in [-0.2, -0.15) is 5.10 Å². The fraction of sp³-hybridized carbons (Fsp3) is 0.733. The van der Waals surface area contributed by atoms with Crippen molar-refractivity contribution in [3.63, 3.8) is 0 Å². The lowest BCUT2D eigenvalue weighted by atomic mass is 10.0. The lowest BCUT2D eigenvalue weighted by molar-refractivity contribution is 0.493. The van der Waals surface area contributed by atoms with Crippen LogP contribution in [0.3, 0.4) is 0 Å². The van der Waals surface area contributed by atoms with Crippen molar-refractivity contribution < 1.29 is 0 Å². The normalized spacial score (nSPS) is 13.7. The largest absolute Gasteiger partial charge is 0.370 e. The van der Waals surface area contributed by atoms with Crippen molar-refractivity contribution in [2.45, 2.75) is 59.0 Å². The average molecular weight is 279 g/mol. The molecule has 0 aromatic carbocycles. The summed E-state index contributed by atoms with van der Waals surface area (Å²) in [5.41, 5.74) is 5.88. The molecular formula is C15H29N5. The molecule has 5 nitrogen and oxygen atoms in total. The molecule has 1 unspecified atom stereocenters. The first-order valence-electron chi connectivity index (χ1n) is 7.62. The Balaban J connectivity index is 2.10. The van der Waals surface area contributed by atoms with E-state index in [2.05, 4.69) is 36.2 Å². The highest BCUT2D eigenvalue weighted by Crippen LogP contribution is 2.07. The SMILES string of the molecule is CC(C)CCCC(C)NC(N)=NCCCn1cccn1. The van der Waals surface area contributed by atoms with E-state index in [4.69, 9.17) is 5.73 Å². The highest BCUT2D eigenvalue weighted by molar-refractivity contribution is 5.78. The maximum Gasteiger partial charge on any atom is 0.188 e. The van der Waals surface area contributed by atoms with E-state index in [0.717, 1.165) is 31.8 Å². The van der Waals surface area contributed by atoms with Crippen LogP contribution in [0.25, 0.3) is 0 Å². The van der Waals surface area contributed by atoms with Crippen LogP contribution in [0, 0.1) is 5.92 Å². The Morgan fingerprint density at radius 3 is 2.75 bits per heavy atom. The summed E-state index contributed by atoms with van der Waals surface area (Å²) in [5.74, 6) is 1.33. The van der Waals surface area contributed by atoms with Crippen LogP contribution < -0.4 is 11.1 Å². The first-order valence-corrected chi connectivity index (χ1v) is 7.62. The lowest BCUT2D eigenvalue weighted by Gasteiger charge is -2.15. The zero-order valence-corrected chi connectivity index (χ0v) is 13.0. The van der Waals surface area contributed by atoms with Crippen LogP contribution in [0.15, 0.2) is 23.5 Å². The van der Waals surface area contributed by atoms with Crippen molar-refractivity contribution in [1.82, 2.24) is 15.1 Å². The van der Waals surface area contributed by atoms with E-state index in [0.29, 0.717) is 12.0 Å². The van der Waals surface area contributed by atoms with Gasteiger partial charge in [-0.25, -0.2) is 0 Å². The minimum atomic E-state index is 0.392. The van der Waals surface area contributed by atoms with Gasteiger partial charge >= 0.3 is 0 Å². The molecule has 0 amide bonds. The summed E-state index contributed by atoms with van der Waals surface area (Å²) in [5, 5.41) is 7.40. The van der Waals surface area contributed by atoms with Gasteiger partial charge in [0.05, 0.1) is 0 Å². The van der Waals surface area contributed by atoms with Gasteiger partial charge in [0.1, 0.15) is 0 Å². The van der Waals surface area contributed by atoms with Crippen LogP contribution in [0.4, 0.5) is 0 Å². The molecule has 0 aliphatic heterocycles. The number of hydrogen-bond acceptors (Lipinski definition) is 2. The minimum Gasteiger partial charge on any atom is -0.370 e. The van der Waals surface area contributed by atoms with Gasteiger partial charge in [-0.05, 0) is 31.7 Å². The van der Waals surface area contributed by atoms with Crippen LogP contribution in [0.1, 0.15) is 46.5 Å². The smallest absolute Gasteiger partial charge is 0.188 e. The number of nitrogens with one attached hydrogen (secondary N) is 1. The number of rotatable bonds is 9. The molecule has 114 valence electrons. The van der Waals surface area contributed by atoms with Gasteiger partial charge in [-0.3, -0.25) is 9.67 Å². The van der Waals surface area contributed by atoms with Crippen molar-refractivity contribution in [3.8, 4) is 0 Å². The summed E-state index contributed by atoms with van der Waals surface area (Å²) in [6, 6.07) is 2.32. The molecule has 0 bridgehead atoms. The molecule has 1 aromatic rings. The van der Waals surface area contributed by atoms with E-state index in [1.165, 1.54) is 12.8 Å². The Bertz CT molecular complexity index is 370. The molecule has 0 fully saturated rings. The minimum absolute atomic E-state index is 0.392. The second-order valence-corrected chi connectivity index (χ2v) is 5.76. The monoisotopic (exact) mass is 279 g/mol. The first kappa shape index (κ1) is 16.5. The predicted molar refractivity (Wildman–Crippen MR) is 84.6 cm³/mol. The van der Waals surface area contributed by atoms with Crippen LogP contribution in [-0.2, 0) is 6.54 Å². The van der Waals surface area contributed by atoms with Crippen molar-refractivity contribution >= 4 is 5.96 Å². The molecule has 3 N–H and O–H groups in total. The molecule has 0 aliphatic rings. The maximum atomic E-state index is 5.88. The average Bonchev–Trinajstić information content (AvgIpc) is 2.87. The molecule has 1 aromatic heterocycles. The molecule has 1 atom stereocenters. The third-order valence-corrected chi connectivity index (χ3v) is 3.20. The van der Waals surface area contributed by atoms with Gasteiger partial charge in [-0.1, -0.05) is 26.7 Å². The number of aliphatic imine (C=N–C) groups is 1. The van der Waals surface area contributed by atoms with Gasteiger partial charge in [0.25, 0.3) is 0 Å². The molecule has 0 saturated heterocycles. The van der Waals surface area contributed by atoms with E-state index < -0.39 is 0 Å². The quantitative estimate of drug-likeness (QED) is 0.414. The topological polar surface area (TPSA) is 68.2 Å². The first-order chi connectivity index (χ1) is 9.58. The van der Waals surface area contributed by atoms with Crippen molar-refractivity contribution in [2.75, 3.05) is 6.54 Å². The molecule has 1 heterocycles. The Kier molecular flexibility index (Phi) is 7.77. The lowest BCUT2D eigenvalue weighted by Crippen LogP contribution is -2.38. The third kappa shape index (κ3) is 7.81. The van der Waals surface area contributed by atoms with Crippen LogP contribution in [0.5, 0.6) is 0 Å². The van der Waals surface area contributed by atoms with Crippen molar-refractivity contribution in [2.24, 2.45) is 16.6 Å². The van der Waals surface area contributed by atoms with E-state index >= 15 is 0 Å². The maximum absolute atomic E-state index is 5.88. The van der Waals surface area contributed by atoms with Gasteiger partial charge < -0.3 is 11.1 Å². The molecule has 0 aliphatic carbocycles. The molecular weight excluding hydrogens is 250 g/mol. The number of nitrogens with zero attached hydrogens (tertiary/aromatic N) is 3. The second kappa shape index (κ2) is 9.39. The van der Waals surface area contributed by atoms with Gasteiger partial charge in [0.15, 0.2) is 5.96 Å². The van der Waals surface area contributed by atoms with Gasteiger partial charge in [-0.15, -0.1) is 0 Å². The van der Waals surface area contributed by atoms with E-state index in [-0.39, 0.29) is 0 Å². The summed E-state index contributed by atoms with van der Waals surface area (Å²) in [7, 11) is 0. The van der Waals surface area contributed by atoms with Gasteiger partial charge in [0.2, 0.25) is 0 Å². The Morgan fingerprint density at radius 2 is 2.10 bits per heavy atom. The molecule has 0 radical (unpaired) electrons. The third-order valence-electron chi connectivity index (χ3n) is 3.20. The second-order valence-electron chi connectivity index (χ2n) is 5.76. The number of aryl methyl sites for hydroxylation is 1. The summed E-state index contributed by atoms with van der Waals surface area (Å²) in [4.78, 5) is 4.35. The fourth-order valence-corrected chi connectivity index (χ4v) is 2.07. The van der Waals surface area contributed by atoms with Gasteiger partial charge in [0, 0.05) is 31.5 Å². The van der Waals surface area contributed by atoms with E-state index in [1.54, 1.807) is 6.20 Å². The zero-order chi connectivity index (χ0) is 14.8. The summed E-state index contributed by atoms with van der Waals surface area (Å²) in [6.07, 6.45) is 8.35. The Labute approximate surface area is 122 Å². The van der Waals surface area contributed by atoms with E-state index in [1.807, 2.05) is 16.9 Å². The molecule has 0 saturated carbocycles. The summed E-state index contributed by atoms with van der Waals surface area (Å²) in [6.45, 7) is 8.29. The number of aromatic nitrogens is 2. The number of nitrogens with two attached hydrogens (primary N) is 1. The van der Waals surface area contributed by atoms with Crippen LogP contribution in [0.2, 0.25) is 0 Å². The molecule has 1 rings (SSSR count). The Hall–Kier alpha value is -1.52. The van der Waals surface area contributed by atoms with E-state index in [9.17, 15) is 0 Å². The standard InChI is InChI=1S/C15H29N5/c1-13(2)7-4-8-14(3)19-15(16)17-9-5-11-20-12-6-10-18-20/h6,10,12-14H,4-5,7-9,11H2,1-3H3,(H3,16,17,19). The number of guanidine groups is 1. The van der Waals surface area contributed by atoms with Crippen molar-refractivity contribution in [3.05, 3.63) is 18.5 Å². The Morgan fingerprint density at radius 1 is 1.30 bits per heavy atom. The fourth-order valence-electron chi connectivity index (χ4n) is 2.07. The summed E-state index contributed by atoms with van der Waals surface area (Å²) >= 11 is 0. The predicted octanol–water partition coefficient (Wildman–Crippen LogP) is 2.39. The molecule has 20 heavy (non-hydrogen) atoms. The van der Waals surface area contributed by atoms with Crippen LogP contribution >= 0.6 is 0 Å². The highest BCUT2D eigenvalue weighted by Gasteiger charge is 2.03. The highest BCUT2D eigenvalue weighted by atomic mass is 15.3. The molecule has 0 spiro atoms. The van der Waals surface area contributed by atoms with Crippen molar-refractivity contribution in [1.29, 1.82) is 0 Å². The zero-order valence-electron chi connectivity index (χ0n) is 13.0. The molecule has 5 heteroatoms.